The Kier molecular flexibility index (Phi) is 6.54. The van der Waals surface area contributed by atoms with Gasteiger partial charge in [0.1, 0.15) is 0 Å². The largest absolute Gasteiger partial charge is 0.452 e. The molecular formula is C25H19N3O3S. The number of nitrogens with zero attached hydrogens (tertiary/aromatic N) is 3. The molecule has 32 heavy (non-hydrogen) atoms. The monoisotopic (exact) mass is 441 g/mol. The number of carbonyl (C=O) groups is 2. The van der Waals surface area contributed by atoms with E-state index in [2.05, 4.69) is 4.98 Å². The number of fused-ring (bicyclic) bond motifs is 1. The summed E-state index contributed by atoms with van der Waals surface area (Å²) in [5.41, 5.74) is 2.36. The van der Waals surface area contributed by atoms with Crippen LogP contribution in [0.15, 0.2) is 78.2 Å². The van der Waals surface area contributed by atoms with Crippen LogP contribution in [0.25, 0.3) is 21.5 Å². The van der Waals surface area contributed by atoms with E-state index in [0.717, 1.165) is 4.88 Å². The lowest BCUT2D eigenvalue weighted by atomic mass is 10.1. The molecule has 0 aliphatic rings. The SMILES string of the molecule is N#CCCN(C(=O)COC(=O)c1cc(-c2cccs2)nc2ccccc12)c1ccccc1. The van der Waals surface area contributed by atoms with E-state index in [1.165, 1.54) is 16.2 Å². The maximum Gasteiger partial charge on any atom is 0.339 e. The Labute approximate surface area is 189 Å². The lowest BCUT2D eigenvalue weighted by Crippen LogP contribution is -2.35. The standard InChI is InChI=1S/C25H19N3O3S/c26-13-7-14-28(18-8-2-1-3-9-18)24(29)17-31-25(30)20-16-22(23-12-6-15-32-23)27-21-11-5-4-10-19(20)21/h1-6,8-12,15-16H,7,14,17H2. The summed E-state index contributed by atoms with van der Waals surface area (Å²) >= 11 is 1.53. The highest BCUT2D eigenvalue weighted by Gasteiger charge is 2.20. The van der Waals surface area contributed by atoms with Crippen LogP contribution in [0.4, 0.5) is 5.69 Å². The zero-order chi connectivity index (χ0) is 22.3. The number of esters is 1. The van der Waals surface area contributed by atoms with E-state index in [1.807, 2.05) is 66.0 Å². The van der Waals surface area contributed by atoms with Gasteiger partial charge in [0.2, 0.25) is 0 Å². The quantitative estimate of drug-likeness (QED) is 0.374. The number of anilines is 1. The van der Waals surface area contributed by atoms with Crippen molar-refractivity contribution in [3.8, 4) is 16.6 Å². The molecule has 0 aliphatic carbocycles. The van der Waals surface area contributed by atoms with Crippen molar-refractivity contribution in [1.82, 2.24) is 4.98 Å². The van der Waals surface area contributed by atoms with Crippen molar-refractivity contribution >= 4 is 39.8 Å². The molecule has 1 amide bonds. The number of amides is 1. The molecule has 4 aromatic rings. The van der Waals surface area contributed by atoms with Gasteiger partial charge >= 0.3 is 5.97 Å². The Balaban J connectivity index is 1.57. The molecule has 2 aromatic heterocycles. The molecule has 0 spiro atoms. The summed E-state index contributed by atoms with van der Waals surface area (Å²) in [7, 11) is 0. The number of nitriles is 1. The summed E-state index contributed by atoms with van der Waals surface area (Å²) in [5, 5.41) is 11.5. The van der Waals surface area contributed by atoms with Gasteiger partial charge in [-0.2, -0.15) is 5.26 Å². The molecule has 0 N–H and O–H groups in total. The molecule has 0 unspecified atom stereocenters. The van der Waals surface area contributed by atoms with Crippen LogP contribution < -0.4 is 4.90 Å². The number of thiophene rings is 1. The van der Waals surface area contributed by atoms with Crippen molar-refractivity contribution in [2.24, 2.45) is 0 Å². The van der Waals surface area contributed by atoms with Crippen molar-refractivity contribution < 1.29 is 14.3 Å². The molecule has 0 saturated heterocycles. The van der Waals surface area contributed by atoms with E-state index in [1.54, 1.807) is 18.2 Å². The average molecular weight is 442 g/mol. The first kappa shape index (κ1) is 21.2. The Bertz CT molecular complexity index is 1280. The van der Waals surface area contributed by atoms with Gasteiger partial charge in [0.05, 0.1) is 34.1 Å². The van der Waals surface area contributed by atoms with E-state index in [0.29, 0.717) is 27.8 Å². The highest BCUT2D eigenvalue weighted by atomic mass is 32.1. The van der Waals surface area contributed by atoms with Crippen LogP contribution in [0.3, 0.4) is 0 Å². The third-order valence-corrected chi connectivity index (χ3v) is 5.74. The minimum atomic E-state index is -0.594. The Morgan fingerprint density at radius 3 is 2.56 bits per heavy atom. The third-order valence-electron chi connectivity index (χ3n) is 4.85. The van der Waals surface area contributed by atoms with Crippen LogP contribution in [0, 0.1) is 11.3 Å². The number of hydrogen-bond acceptors (Lipinski definition) is 6. The summed E-state index contributed by atoms with van der Waals surface area (Å²) in [6, 6.07) is 24.0. The third kappa shape index (κ3) is 4.66. The molecule has 7 heteroatoms. The van der Waals surface area contributed by atoms with Gasteiger partial charge in [-0.25, -0.2) is 9.78 Å². The molecule has 0 bridgehead atoms. The van der Waals surface area contributed by atoms with Crippen molar-refractivity contribution in [2.75, 3.05) is 18.1 Å². The van der Waals surface area contributed by atoms with Crippen molar-refractivity contribution in [1.29, 1.82) is 5.26 Å². The summed E-state index contributed by atoms with van der Waals surface area (Å²) in [6.07, 6.45) is 0.174. The highest BCUT2D eigenvalue weighted by molar-refractivity contribution is 7.13. The minimum Gasteiger partial charge on any atom is -0.452 e. The fourth-order valence-corrected chi connectivity index (χ4v) is 4.03. The fraction of sp³-hybridized carbons (Fsp3) is 0.120. The van der Waals surface area contributed by atoms with Gasteiger partial charge in [-0.1, -0.05) is 42.5 Å². The Morgan fingerprint density at radius 1 is 1.03 bits per heavy atom. The van der Waals surface area contributed by atoms with Gasteiger partial charge in [-0.3, -0.25) is 4.79 Å². The Morgan fingerprint density at radius 2 is 1.81 bits per heavy atom. The van der Waals surface area contributed by atoms with Gasteiger partial charge in [0.15, 0.2) is 6.61 Å². The molecule has 2 heterocycles. The molecule has 0 radical (unpaired) electrons. The average Bonchev–Trinajstić information content (AvgIpc) is 3.38. The van der Waals surface area contributed by atoms with Crippen LogP contribution in [-0.2, 0) is 9.53 Å². The first-order chi connectivity index (χ1) is 15.7. The summed E-state index contributed by atoms with van der Waals surface area (Å²) < 4.78 is 5.42. The topological polar surface area (TPSA) is 83.3 Å². The predicted molar refractivity (Wildman–Crippen MR) is 124 cm³/mol. The zero-order valence-electron chi connectivity index (χ0n) is 17.1. The summed E-state index contributed by atoms with van der Waals surface area (Å²) in [5.74, 6) is -0.986. The lowest BCUT2D eigenvalue weighted by molar-refractivity contribution is -0.121. The van der Waals surface area contributed by atoms with Crippen LogP contribution in [0.5, 0.6) is 0 Å². The second-order valence-corrected chi connectivity index (χ2v) is 7.86. The number of benzene rings is 2. The molecule has 6 nitrogen and oxygen atoms in total. The van der Waals surface area contributed by atoms with E-state index < -0.39 is 18.5 Å². The van der Waals surface area contributed by atoms with Gasteiger partial charge in [-0.15, -0.1) is 11.3 Å². The van der Waals surface area contributed by atoms with E-state index >= 15 is 0 Å². The van der Waals surface area contributed by atoms with E-state index in [9.17, 15) is 9.59 Å². The smallest absolute Gasteiger partial charge is 0.339 e. The summed E-state index contributed by atoms with van der Waals surface area (Å²) in [6.45, 7) is -0.207. The van der Waals surface area contributed by atoms with Crippen LogP contribution in [0.2, 0.25) is 0 Å². The van der Waals surface area contributed by atoms with E-state index in [-0.39, 0.29) is 13.0 Å². The molecule has 158 valence electrons. The maximum atomic E-state index is 13.0. The first-order valence-corrected chi connectivity index (χ1v) is 10.9. The van der Waals surface area contributed by atoms with Gasteiger partial charge in [0, 0.05) is 17.6 Å². The molecule has 0 atom stereocenters. The van der Waals surface area contributed by atoms with Crippen molar-refractivity contribution in [3.63, 3.8) is 0 Å². The van der Waals surface area contributed by atoms with Crippen LogP contribution in [-0.4, -0.2) is 30.0 Å². The Hall–Kier alpha value is -4.02. The normalized spacial score (nSPS) is 10.5. The molecule has 0 saturated carbocycles. The first-order valence-electron chi connectivity index (χ1n) is 10.0. The lowest BCUT2D eigenvalue weighted by Gasteiger charge is -2.21. The van der Waals surface area contributed by atoms with Gasteiger partial charge in [-0.05, 0) is 35.7 Å². The van der Waals surface area contributed by atoms with Crippen LogP contribution in [0.1, 0.15) is 16.8 Å². The number of pyridine rings is 1. The second kappa shape index (κ2) is 9.86. The van der Waals surface area contributed by atoms with Gasteiger partial charge in [0.25, 0.3) is 5.91 Å². The predicted octanol–water partition coefficient (Wildman–Crippen LogP) is 5.07. The number of carbonyl (C=O) groups excluding carboxylic acids is 2. The molecule has 4 rings (SSSR count). The number of para-hydroxylation sites is 2. The van der Waals surface area contributed by atoms with Crippen molar-refractivity contribution in [3.05, 3.63) is 83.7 Å². The molecule has 2 aromatic carbocycles. The zero-order valence-corrected chi connectivity index (χ0v) is 17.9. The maximum absolute atomic E-state index is 13.0. The number of hydrogen-bond donors (Lipinski definition) is 0. The highest BCUT2D eigenvalue weighted by Crippen LogP contribution is 2.28. The molecular weight excluding hydrogens is 422 g/mol. The van der Waals surface area contributed by atoms with E-state index in [4.69, 9.17) is 10.00 Å². The minimum absolute atomic E-state index is 0.174. The molecule has 0 aliphatic heterocycles. The van der Waals surface area contributed by atoms with Gasteiger partial charge < -0.3 is 9.64 Å². The van der Waals surface area contributed by atoms with Crippen LogP contribution >= 0.6 is 11.3 Å². The number of aromatic nitrogens is 1. The number of rotatable bonds is 7. The summed E-state index contributed by atoms with van der Waals surface area (Å²) in [4.78, 5) is 32.9. The second-order valence-electron chi connectivity index (χ2n) is 6.91. The molecule has 0 fully saturated rings. The number of ether oxygens (including phenoxy) is 1. The fourth-order valence-electron chi connectivity index (χ4n) is 3.35. The van der Waals surface area contributed by atoms with Crippen molar-refractivity contribution in [2.45, 2.75) is 6.42 Å².